The number of nitrogens with one attached hydrogen (secondary N) is 3. The van der Waals surface area contributed by atoms with Crippen LogP contribution in [0.25, 0.3) is 28.1 Å². The van der Waals surface area contributed by atoms with Gasteiger partial charge in [-0.3, -0.25) is 15.5 Å². The van der Waals surface area contributed by atoms with Crippen LogP contribution in [-0.4, -0.2) is 71.1 Å². The minimum Gasteiger partial charge on any atom is -0.374 e. The summed E-state index contributed by atoms with van der Waals surface area (Å²) in [6, 6.07) is 12.1. The lowest BCUT2D eigenvalue weighted by Crippen LogP contribution is -2.46. The SMILES string of the molecule is C=Cc1c(NN)cc(-c2cccc3[nH]ccc23)cc1NC(=O)c1csc(CN2CCOC(CN3CCCC3)C2)n1. The number of aromatic amines is 1. The Bertz CT molecular complexity index is 1510. The van der Waals surface area contributed by atoms with E-state index < -0.39 is 0 Å². The molecule has 208 valence electrons. The van der Waals surface area contributed by atoms with E-state index >= 15 is 0 Å². The first kappa shape index (κ1) is 26.7. The zero-order valence-electron chi connectivity index (χ0n) is 22.5. The normalized spacial score (nSPS) is 18.3. The van der Waals surface area contributed by atoms with Crippen molar-refractivity contribution >= 4 is 45.6 Å². The van der Waals surface area contributed by atoms with Crippen molar-refractivity contribution in [2.24, 2.45) is 5.84 Å². The molecule has 2 aliphatic heterocycles. The second kappa shape index (κ2) is 11.9. The number of carbonyl (C=O) groups is 1. The molecule has 0 saturated carbocycles. The van der Waals surface area contributed by atoms with Gasteiger partial charge in [0.15, 0.2) is 0 Å². The number of morpholine rings is 1. The van der Waals surface area contributed by atoms with E-state index in [9.17, 15) is 4.79 Å². The number of ether oxygens (including phenoxy) is 1. The molecule has 10 heteroatoms. The van der Waals surface area contributed by atoms with Gasteiger partial charge in [-0.2, -0.15) is 0 Å². The number of rotatable bonds is 9. The molecule has 2 aromatic heterocycles. The summed E-state index contributed by atoms with van der Waals surface area (Å²) < 4.78 is 6.03. The second-order valence-corrected chi connectivity index (χ2v) is 11.3. The number of thiazole rings is 1. The Morgan fingerprint density at radius 3 is 2.88 bits per heavy atom. The van der Waals surface area contributed by atoms with Gasteiger partial charge in [0.1, 0.15) is 10.7 Å². The van der Waals surface area contributed by atoms with E-state index in [1.54, 1.807) is 6.08 Å². The van der Waals surface area contributed by atoms with Crippen LogP contribution in [0.3, 0.4) is 0 Å². The number of hydrogen-bond acceptors (Lipinski definition) is 8. The number of aromatic nitrogens is 2. The van der Waals surface area contributed by atoms with Gasteiger partial charge < -0.3 is 25.4 Å². The van der Waals surface area contributed by atoms with Gasteiger partial charge in [0.2, 0.25) is 0 Å². The molecule has 9 nitrogen and oxygen atoms in total. The third-order valence-corrected chi connectivity index (χ3v) is 8.55. The predicted octanol–water partition coefficient (Wildman–Crippen LogP) is 4.77. The van der Waals surface area contributed by atoms with Crippen LogP contribution in [0.15, 0.2) is 54.6 Å². The van der Waals surface area contributed by atoms with Gasteiger partial charge in [-0.05, 0) is 61.3 Å². The van der Waals surface area contributed by atoms with E-state index in [1.165, 1.54) is 37.3 Å². The molecule has 6 rings (SSSR count). The van der Waals surface area contributed by atoms with Gasteiger partial charge >= 0.3 is 0 Å². The van der Waals surface area contributed by atoms with Gasteiger partial charge in [0.05, 0.1) is 30.6 Å². The predicted molar refractivity (Wildman–Crippen MR) is 162 cm³/mol. The Labute approximate surface area is 238 Å². The highest BCUT2D eigenvalue weighted by atomic mass is 32.1. The zero-order chi connectivity index (χ0) is 27.5. The lowest BCUT2D eigenvalue weighted by molar-refractivity contribution is -0.0434. The number of H-pyrrole nitrogens is 1. The molecule has 0 spiro atoms. The number of nitrogen functional groups attached to an aromatic ring is 1. The van der Waals surface area contributed by atoms with Crippen LogP contribution in [0.4, 0.5) is 11.4 Å². The van der Waals surface area contributed by atoms with Crippen LogP contribution < -0.4 is 16.6 Å². The summed E-state index contributed by atoms with van der Waals surface area (Å²) in [4.78, 5) is 26.2. The molecule has 0 aliphatic carbocycles. The number of fused-ring (bicyclic) bond motifs is 1. The van der Waals surface area contributed by atoms with Crippen LogP contribution in [0, 0.1) is 0 Å². The molecule has 2 fully saturated rings. The summed E-state index contributed by atoms with van der Waals surface area (Å²) in [5, 5.41) is 6.90. The number of nitrogens with two attached hydrogens (primary N) is 1. The summed E-state index contributed by atoms with van der Waals surface area (Å²) >= 11 is 1.52. The molecule has 2 aromatic carbocycles. The summed E-state index contributed by atoms with van der Waals surface area (Å²) in [7, 11) is 0. The topological polar surface area (TPSA) is 112 Å². The Kier molecular flexibility index (Phi) is 7.94. The van der Waals surface area contributed by atoms with E-state index in [4.69, 9.17) is 10.6 Å². The first-order valence-electron chi connectivity index (χ1n) is 13.8. The van der Waals surface area contributed by atoms with Gasteiger partial charge in [0.25, 0.3) is 5.91 Å². The standard InChI is InChI=1S/C30H35N7O2S/c1-2-22-26(14-20(15-27(22)35-31)23-6-5-7-25-24(23)8-9-32-25)34-30(38)28-19-40-29(33-28)18-37-12-13-39-21(17-37)16-36-10-3-4-11-36/h2,5-9,14-15,19,21,32,35H,1,3-4,10-13,16-18,31H2,(H,34,38). The van der Waals surface area contributed by atoms with Crippen molar-refractivity contribution < 1.29 is 9.53 Å². The van der Waals surface area contributed by atoms with Crippen LogP contribution in [0.5, 0.6) is 0 Å². The van der Waals surface area contributed by atoms with Crippen molar-refractivity contribution in [2.45, 2.75) is 25.5 Å². The number of nitrogens with zero attached hydrogens (tertiary/aromatic N) is 3. The number of anilines is 2. The van der Waals surface area contributed by atoms with E-state index in [2.05, 4.69) is 43.2 Å². The minimum absolute atomic E-state index is 0.224. The monoisotopic (exact) mass is 557 g/mol. The molecule has 0 radical (unpaired) electrons. The Balaban J connectivity index is 1.17. The summed E-state index contributed by atoms with van der Waals surface area (Å²) in [6.45, 7) is 10.5. The maximum Gasteiger partial charge on any atom is 0.275 e. The molecular formula is C30H35N7O2S. The minimum atomic E-state index is -0.264. The van der Waals surface area contributed by atoms with E-state index in [0.29, 0.717) is 29.2 Å². The first-order chi connectivity index (χ1) is 19.6. The summed E-state index contributed by atoms with van der Waals surface area (Å²) in [5.74, 6) is 5.62. The number of carbonyl (C=O) groups excluding carboxylic acids is 1. The summed E-state index contributed by atoms with van der Waals surface area (Å²) in [6.07, 6.45) is 6.40. The fourth-order valence-corrected chi connectivity index (χ4v) is 6.56. The van der Waals surface area contributed by atoms with Crippen molar-refractivity contribution in [3.8, 4) is 11.1 Å². The number of hydrazine groups is 1. The van der Waals surface area contributed by atoms with Crippen LogP contribution in [-0.2, 0) is 11.3 Å². The third-order valence-electron chi connectivity index (χ3n) is 7.72. The van der Waals surface area contributed by atoms with E-state index in [1.807, 2.05) is 41.9 Å². The number of likely N-dealkylation sites (tertiary alicyclic amines) is 1. The lowest BCUT2D eigenvalue weighted by Gasteiger charge is -2.34. The van der Waals surface area contributed by atoms with Crippen molar-refractivity contribution in [3.63, 3.8) is 0 Å². The molecule has 5 N–H and O–H groups in total. The van der Waals surface area contributed by atoms with Crippen molar-refractivity contribution in [3.05, 3.63) is 70.8 Å². The molecule has 0 bridgehead atoms. The number of amides is 1. The van der Waals surface area contributed by atoms with E-state index in [-0.39, 0.29) is 12.0 Å². The molecule has 1 atom stereocenters. The van der Waals surface area contributed by atoms with Crippen molar-refractivity contribution in [1.82, 2.24) is 19.8 Å². The average molecular weight is 558 g/mol. The summed E-state index contributed by atoms with van der Waals surface area (Å²) in [5.41, 5.74) is 8.16. The molecule has 4 aromatic rings. The molecule has 1 unspecified atom stereocenters. The molecule has 40 heavy (non-hydrogen) atoms. The second-order valence-electron chi connectivity index (χ2n) is 10.4. The fourth-order valence-electron chi connectivity index (χ4n) is 5.74. The zero-order valence-corrected chi connectivity index (χ0v) is 23.3. The molecular weight excluding hydrogens is 522 g/mol. The molecule has 2 aliphatic rings. The van der Waals surface area contributed by atoms with Crippen molar-refractivity contribution in [1.29, 1.82) is 0 Å². The van der Waals surface area contributed by atoms with Gasteiger partial charge in [-0.15, -0.1) is 11.3 Å². The van der Waals surface area contributed by atoms with Gasteiger partial charge in [-0.1, -0.05) is 24.8 Å². The number of hydrogen-bond donors (Lipinski definition) is 4. The number of benzene rings is 2. The highest BCUT2D eigenvalue weighted by Crippen LogP contribution is 2.36. The Morgan fingerprint density at radius 2 is 2.05 bits per heavy atom. The van der Waals surface area contributed by atoms with Crippen LogP contribution >= 0.6 is 11.3 Å². The Hall–Kier alpha value is -3.54. The highest BCUT2D eigenvalue weighted by molar-refractivity contribution is 7.09. The molecule has 1 amide bonds. The van der Waals surface area contributed by atoms with Gasteiger partial charge in [0, 0.05) is 47.7 Å². The smallest absolute Gasteiger partial charge is 0.275 e. The van der Waals surface area contributed by atoms with E-state index in [0.717, 1.165) is 53.3 Å². The fraction of sp³-hybridized carbons (Fsp3) is 0.333. The maximum absolute atomic E-state index is 13.4. The lowest BCUT2D eigenvalue weighted by atomic mass is 9.97. The Morgan fingerprint density at radius 1 is 1.20 bits per heavy atom. The highest BCUT2D eigenvalue weighted by Gasteiger charge is 2.25. The third kappa shape index (κ3) is 5.67. The van der Waals surface area contributed by atoms with Crippen LogP contribution in [0.1, 0.15) is 33.9 Å². The molecule has 4 heterocycles. The average Bonchev–Trinajstić information content (AvgIpc) is 3.75. The maximum atomic E-state index is 13.4. The first-order valence-corrected chi connectivity index (χ1v) is 14.6. The van der Waals surface area contributed by atoms with Gasteiger partial charge in [-0.25, -0.2) is 4.98 Å². The van der Waals surface area contributed by atoms with Crippen LogP contribution in [0.2, 0.25) is 0 Å². The quantitative estimate of drug-likeness (QED) is 0.173. The molecule has 2 saturated heterocycles. The largest absolute Gasteiger partial charge is 0.374 e. The van der Waals surface area contributed by atoms with Crippen molar-refractivity contribution in [2.75, 3.05) is 50.1 Å².